The molecule has 1 aromatic heterocycles. The first-order valence-electron chi connectivity index (χ1n) is 5.21. The van der Waals surface area contributed by atoms with E-state index in [4.69, 9.17) is 5.73 Å². The van der Waals surface area contributed by atoms with Gasteiger partial charge in [0.05, 0.1) is 0 Å². The lowest BCUT2D eigenvalue weighted by atomic mass is 9.85. The van der Waals surface area contributed by atoms with Gasteiger partial charge in [0, 0.05) is 17.9 Å². The maximum Gasteiger partial charge on any atom is 0.423 e. The van der Waals surface area contributed by atoms with Gasteiger partial charge in [-0.05, 0) is 31.0 Å². The number of hydrogen-bond donors (Lipinski definition) is 2. The molecule has 1 aromatic rings. The van der Waals surface area contributed by atoms with Crippen LogP contribution in [-0.2, 0) is 5.60 Å². The summed E-state index contributed by atoms with van der Waals surface area (Å²) in [5.74, 6) is 0. The van der Waals surface area contributed by atoms with E-state index >= 15 is 0 Å². The van der Waals surface area contributed by atoms with Crippen LogP contribution in [0.15, 0.2) is 18.3 Å². The molecule has 0 radical (unpaired) electrons. The van der Waals surface area contributed by atoms with Gasteiger partial charge in [-0.25, -0.2) is 0 Å². The molecule has 0 amide bonds. The predicted molar refractivity (Wildman–Crippen MR) is 57.2 cm³/mol. The number of rotatable bonds is 3. The Morgan fingerprint density at radius 1 is 1.47 bits per heavy atom. The van der Waals surface area contributed by atoms with Crippen molar-refractivity contribution in [3.05, 3.63) is 29.6 Å². The molecule has 96 valence electrons. The molecule has 0 aliphatic heterocycles. The van der Waals surface area contributed by atoms with Crippen LogP contribution in [0.4, 0.5) is 13.2 Å². The molecule has 17 heavy (non-hydrogen) atoms. The standard InChI is InChI=1S/C11H15F3N2O/c1-3-9(15)10(17,11(12,13)14)8-4-5-16-7(2)6-8/h4-6,9,17H,3,15H2,1-2H3. The second kappa shape index (κ2) is 4.62. The van der Waals surface area contributed by atoms with Gasteiger partial charge in [-0.2, -0.15) is 13.2 Å². The Labute approximate surface area is 97.5 Å². The summed E-state index contributed by atoms with van der Waals surface area (Å²) in [4.78, 5) is 3.80. The van der Waals surface area contributed by atoms with Crippen LogP contribution < -0.4 is 5.73 Å². The molecule has 3 nitrogen and oxygen atoms in total. The first-order chi connectivity index (χ1) is 7.73. The number of nitrogens with zero attached hydrogens (tertiary/aromatic N) is 1. The van der Waals surface area contributed by atoms with E-state index in [1.165, 1.54) is 19.2 Å². The van der Waals surface area contributed by atoms with E-state index < -0.39 is 17.8 Å². The maximum atomic E-state index is 13.0. The number of alkyl halides is 3. The molecule has 0 spiro atoms. The zero-order valence-corrected chi connectivity index (χ0v) is 9.62. The van der Waals surface area contributed by atoms with Crippen molar-refractivity contribution in [1.29, 1.82) is 0 Å². The zero-order valence-electron chi connectivity index (χ0n) is 9.62. The van der Waals surface area contributed by atoms with Gasteiger partial charge in [0.25, 0.3) is 0 Å². The van der Waals surface area contributed by atoms with Crippen LogP contribution in [0.1, 0.15) is 24.6 Å². The van der Waals surface area contributed by atoms with Gasteiger partial charge in [-0.3, -0.25) is 4.98 Å². The molecule has 0 saturated heterocycles. The van der Waals surface area contributed by atoms with Crippen molar-refractivity contribution in [1.82, 2.24) is 4.98 Å². The summed E-state index contributed by atoms with van der Waals surface area (Å²) in [5.41, 5.74) is 2.52. The minimum absolute atomic E-state index is 0.0113. The number of hydrogen-bond acceptors (Lipinski definition) is 3. The molecule has 3 N–H and O–H groups in total. The highest BCUT2D eigenvalue weighted by molar-refractivity contribution is 5.26. The van der Waals surface area contributed by atoms with E-state index in [1.807, 2.05) is 0 Å². The molecule has 0 aliphatic rings. The fourth-order valence-electron chi connectivity index (χ4n) is 1.67. The molecule has 0 saturated carbocycles. The van der Waals surface area contributed by atoms with Gasteiger partial charge < -0.3 is 10.8 Å². The number of aryl methyl sites for hydroxylation is 1. The number of aliphatic hydroxyl groups is 1. The largest absolute Gasteiger partial charge is 0.423 e. The summed E-state index contributed by atoms with van der Waals surface area (Å²) in [7, 11) is 0. The van der Waals surface area contributed by atoms with Crippen molar-refractivity contribution in [2.75, 3.05) is 0 Å². The summed E-state index contributed by atoms with van der Waals surface area (Å²) in [6.45, 7) is 3.05. The molecule has 0 aliphatic carbocycles. The van der Waals surface area contributed by atoms with Crippen LogP contribution >= 0.6 is 0 Å². The van der Waals surface area contributed by atoms with Gasteiger partial charge >= 0.3 is 6.18 Å². The summed E-state index contributed by atoms with van der Waals surface area (Å²) >= 11 is 0. The molecule has 2 unspecified atom stereocenters. The second-order valence-corrected chi connectivity index (χ2v) is 3.96. The first-order valence-corrected chi connectivity index (χ1v) is 5.21. The van der Waals surface area contributed by atoms with Crippen LogP contribution in [0.3, 0.4) is 0 Å². The Morgan fingerprint density at radius 2 is 2.06 bits per heavy atom. The Morgan fingerprint density at radius 3 is 2.47 bits per heavy atom. The summed E-state index contributed by atoms with van der Waals surface area (Å²) in [6, 6.07) is 0.920. The summed E-state index contributed by atoms with van der Waals surface area (Å²) in [5, 5.41) is 9.93. The molecule has 1 heterocycles. The molecule has 0 aromatic carbocycles. The van der Waals surface area contributed by atoms with Crippen molar-refractivity contribution in [3.63, 3.8) is 0 Å². The van der Waals surface area contributed by atoms with Gasteiger partial charge in [0.2, 0.25) is 5.60 Å². The fourth-order valence-corrected chi connectivity index (χ4v) is 1.67. The third-order valence-corrected chi connectivity index (χ3v) is 2.75. The minimum Gasteiger partial charge on any atom is -0.375 e. The number of pyridine rings is 1. The van der Waals surface area contributed by atoms with E-state index in [-0.39, 0.29) is 12.0 Å². The molecule has 6 heteroatoms. The fraction of sp³-hybridized carbons (Fsp3) is 0.545. The van der Waals surface area contributed by atoms with Crippen molar-refractivity contribution in [2.24, 2.45) is 5.73 Å². The van der Waals surface area contributed by atoms with Crippen molar-refractivity contribution >= 4 is 0 Å². The van der Waals surface area contributed by atoms with Gasteiger partial charge in [-0.15, -0.1) is 0 Å². The van der Waals surface area contributed by atoms with E-state index in [2.05, 4.69) is 4.98 Å². The van der Waals surface area contributed by atoms with Crippen molar-refractivity contribution < 1.29 is 18.3 Å². The predicted octanol–water partition coefficient (Wildman–Crippen LogP) is 1.88. The zero-order chi connectivity index (χ0) is 13.3. The average molecular weight is 248 g/mol. The highest BCUT2D eigenvalue weighted by atomic mass is 19.4. The Kier molecular flexibility index (Phi) is 3.78. The highest BCUT2D eigenvalue weighted by Crippen LogP contribution is 2.41. The molecule has 0 bridgehead atoms. The van der Waals surface area contributed by atoms with Crippen LogP contribution in [-0.4, -0.2) is 22.3 Å². The topological polar surface area (TPSA) is 59.1 Å². The maximum absolute atomic E-state index is 13.0. The number of nitrogens with two attached hydrogens (primary N) is 1. The third kappa shape index (κ3) is 2.42. The normalized spacial score (nSPS) is 17.6. The number of halogens is 3. The Balaban J connectivity index is 3.34. The SMILES string of the molecule is CCC(N)C(O)(c1ccnc(C)c1)C(F)(F)F. The van der Waals surface area contributed by atoms with E-state index in [0.717, 1.165) is 6.07 Å². The van der Waals surface area contributed by atoms with E-state index in [9.17, 15) is 18.3 Å². The van der Waals surface area contributed by atoms with E-state index in [0.29, 0.717) is 5.69 Å². The summed E-state index contributed by atoms with van der Waals surface area (Å²) in [6.07, 6.45) is -3.59. The van der Waals surface area contributed by atoms with Crippen LogP contribution in [0.2, 0.25) is 0 Å². The van der Waals surface area contributed by atoms with Crippen LogP contribution in [0.25, 0.3) is 0 Å². The number of aromatic nitrogens is 1. The molecule has 0 fully saturated rings. The van der Waals surface area contributed by atoms with E-state index in [1.54, 1.807) is 6.92 Å². The van der Waals surface area contributed by atoms with Crippen molar-refractivity contribution in [2.45, 2.75) is 38.1 Å². The van der Waals surface area contributed by atoms with Gasteiger partial charge in [0.1, 0.15) is 0 Å². The summed E-state index contributed by atoms with van der Waals surface area (Å²) < 4.78 is 39.0. The Bertz CT molecular complexity index is 395. The van der Waals surface area contributed by atoms with Gasteiger partial charge in [0.15, 0.2) is 0 Å². The highest BCUT2D eigenvalue weighted by Gasteiger charge is 2.58. The van der Waals surface area contributed by atoms with Crippen molar-refractivity contribution in [3.8, 4) is 0 Å². The minimum atomic E-state index is -4.82. The molecule has 1 rings (SSSR count). The quantitative estimate of drug-likeness (QED) is 0.858. The first kappa shape index (κ1) is 13.9. The molecular weight excluding hydrogens is 233 g/mol. The third-order valence-electron chi connectivity index (χ3n) is 2.75. The second-order valence-electron chi connectivity index (χ2n) is 3.96. The Hall–Kier alpha value is -1.14. The lowest BCUT2D eigenvalue weighted by Crippen LogP contribution is -2.55. The monoisotopic (exact) mass is 248 g/mol. The van der Waals surface area contributed by atoms with Crippen LogP contribution in [0, 0.1) is 6.92 Å². The molecular formula is C11H15F3N2O. The molecule has 2 atom stereocenters. The lowest BCUT2D eigenvalue weighted by molar-refractivity contribution is -0.274. The lowest BCUT2D eigenvalue weighted by Gasteiger charge is -2.35. The van der Waals surface area contributed by atoms with Gasteiger partial charge in [-0.1, -0.05) is 6.92 Å². The van der Waals surface area contributed by atoms with Crippen LogP contribution in [0.5, 0.6) is 0 Å². The average Bonchev–Trinajstić information content (AvgIpc) is 2.25. The smallest absolute Gasteiger partial charge is 0.375 e.